The van der Waals surface area contributed by atoms with Crippen molar-refractivity contribution in [1.82, 2.24) is 10.4 Å². The Kier molecular flexibility index (Phi) is 9.15. The summed E-state index contributed by atoms with van der Waals surface area (Å²) in [6.07, 6.45) is 1.72. The predicted octanol–water partition coefficient (Wildman–Crippen LogP) is 7.03. The van der Waals surface area contributed by atoms with Crippen LogP contribution in [0.1, 0.15) is 34.6 Å². The van der Waals surface area contributed by atoms with Gasteiger partial charge in [0.15, 0.2) is 4.32 Å². The first-order valence-corrected chi connectivity index (χ1v) is 14.2. The molecule has 1 aliphatic heterocycles. The second kappa shape index (κ2) is 12.3. The number of anilines is 1. The molecule has 11 heteroatoms. The number of thiophene rings is 1. The third kappa shape index (κ3) is 6.48. The molecule has 0 atom stereocenters. The minimum Gasteiger partial charge on any atom is -0.488 e. The second-order valence-corrected chi connectivity index (χ2v) is 11.3. The van der Waals surface area contributed by atoms with E-state index in [1.54, 1.807) is 35.7 Å². The third-order valence-electron chi connectivity index (χ3n) is 5.56. The number of ether oxygens (including phenoxy) is 1. The Labute approximate surface area is 239 Å². The monoisotopic (exact) mass is 591 g/mol. The fourth-order valence-corrected chi connectivity index (χ4v) is 5.86. The maximum Gasteiger partial charge on any atom is 0.285 e. The topological polar surface area (TPSA) is 61.9 Å². The SMILES string of the molecule is CCN(CC)c1ccc(/C=C2/SC(=S)N(NC(=O)c3cccs3)C2=O)c(OCc2ccc(Cl)cc2Cl)c1. The number of thioether (sulfide) groups is 1. The minimum atomic E-state index is -0.403. The highest BCUT2D eigenvalue weighted by molar-refractivity contribution is 8.26. The maximum atomic E-state index is 13.1. The number of hydrazine groups is 1. The zero-order valence-electron chi connectivity index (χ0n) is 20.0. The third-order valence-corrected chi connectivity index (χ3v) is 8.32. The van der Waals surface area contributed by atoms with E-state index in [0.29, 0.717) is 31.1 Å². The van der Waals surface area contributed by atoms with E-state index in [-0.39, 0.29) is 16.8 Å². The summed E-state index contributed by atoms with van der Waals surface area (Å²) in [5, 5.41) is 3.95. The Morgan fingerprint density at radius 1 is 1.16 bits per heavy atom. The van der Waals surface area contributed by atoms with E-state index in [0.717, 1.165) is 41.1 Å². The van der Waals surface area contributed by atoms with Gasteiger partial charge in [-0.3, -0.25) is 15.0 Å². The normalized spacial score (nSPS) is 14.4. The van der Waals surface area contributed by atoms with Gasteiger partial charge < -0.3 is 9.64 Å². The van der Waals surface area contributed by atoms with Crippen LogP contribution in [0, 0.1) is 0 Å². The molecular formula is C26H23Cl2N3O3S3. The minimum absolute atomic E-state index is 0.219. The maximum absolute atomic E-state index is 13.1. The van der Waals surface area contributed by atoms with Gasteiger partial charge in [-0.2, -0.15) is 5.01 Å². The Bertz CT molecular complexity index is 1360. The number of carbonyl (C=O) groups is 2. The van der Waals surface area contributed by atoms with Gasteiger partial charge in [-0.1, -0.05) is 47.1 Å². The van der Waals surface area contributed by atoms with Gasteiger partial charge in [0.05, 0.1) is 9.78 Å². The van der Waals surface area contributed by atoms with Crippen LogP contribution in [-0.2, 0) is 11.4 Å². The average Bonchev–Trinajstić information content (AvgIpc) is 3.50. The lowest BCUT2D eigenvalue weighted by molar-refractivity contribution is -0.123. The van der Waals surface area contributed by atoms with Crippen LogP contribution >= 0.6 is 58.5 Å². The molecule has 2 heterocycles. The van der Waals surface area contributed by atoms with Crippen LogP contribution in [0.2, 0.25) is 10.0 Å². The second-order valence-electron chi connectivity index (χ2n) is 7.85. The standard InChI is InChI=1S/C26H23Cl2N3O3S3/c1-3-30(4-2)19-10-8-16(21(14-19)34-15-17-7-9-18(27)13-20(17)28)12-23-25(33)31(26(35)37-23)29-24(32)22-6-5-11-36-22/h5-14H,3-4,15H2,1-2H3,(H,29,32)/b23-12+. The quantitative estimate of drug-likeness (QED) is 0.213. The lowest BCUT2D eigenvalue weighted by atomic mass is 10.1. The molecule has 1 aromatic heterocycles. The molecule has 4 rings (SSSR count). The van der Waals surface area contributed by atoms with E-state index in [4.69, 9.17) is 40.2 Å². The molecule has 2 amide bonds. The first-order chi connectivity index (χ1) is 17.8. The number of halogens is 2. The molecule has 1 fully saturated rings. The summed E-state index contributed by atoms with van der Waals surface area (Å²) >= 11 is 20.1. The summed E-state index contributed by atoms with van der Waals surface area (Å²) in [5.74, 6) is -0.206. The molecule has 192 valence electrons. The van der Waals surface area contributed by atoms with Crippen molar-refractivity contribution in [2.24, 2.45) is 0 Å². The van der Waals surface area contributed by atoms with Gasteiger partial charge in [0.25, 0.3) is 11.8 Å². The van der Waals surface area contributed by atoms with Crippen molar-refractivity contribution in [3.8, 4) is 5.75 Å². The Morgan fingerprint density at radius 3 is 2.62 bits per heavy atom. The molecule has 1 saturated heterocycles. The molecule has 2 aromatic carbocycles. The number of nitrogens with zero attached hydrogens (tertiary/aromatic N) is 2. The van der Waals surface area contributed by atoms with Crippen molar-refractivity contribution in [1.29, 1.82) is 0 Å². The highest BCUT2D eigenvalue weighted by Gasteiger charge is 2.34. The molecule has 3 aromatic rings. The van der Waals surface area contributed by atoms with Gasteiger partial charge in [-0.15, -0.1) is 11.3 Å². The van der Waals surface area contributed by atoms with Crippen molar-refractivity contribution in [3.05, 3.63) is 84.9 Å². The molecular weight excluding hydrogens is 569 g/mol. The molecule has 0 spiro atoms. The lowest BCUT2D eigenvalue weighted by Crippen LogP contribution is -2.44. The molecule has 1 N–H and O–H groups in total. The Balaban J connectivity index is 1.61. The summed E-state index contributed by atoms with van der Waals surface area (Å²) in [6.45, 7) is 6.06. The molecule has 37 heavy (non-hydrogen) atoms. The first kappa shape index (κ1) is 27.5. The molecule has 0 bridgehead atoms. The number of carbonyl (C=O) groups excluding carboxylic acids is 2. The van der Waals surface area contributed by atoms with Gasteiger partial charge >= 0.3 is 0 Å². The van der Waals surface area contributed by atoms with E-state index >= 15 is 0 Å². The van der Waals surface area contributed by atoms with Crippen molar-refractivity contribution in [3.63, 3.8) is 0 Å². The summed E-state index contributed by atoms with van der Waals surface area (Å²) < 4.78 is 6.45. The van der Waals surface area contributed by atoms with E-state index < -0.39 is 5.91 Å². The van der Waals surface area contributed by atoms with Crippen molar-refractivity contribution in [2.45, 2.75) is 20.5 Å². The van der Waals surface area contributed by atoms with Crippen LogP contribution in [-0.4, -0.2) is 34.2 Å². The summed E-state index contributed by atoms with van der Waals surface area (Å²) in [5.41, 5.74) is 5.08. The molecule has 0 aliphatic carbocycles. The van der Waals surface area contributed by atoms with Gasteiger partial charge in [0.1, 0.15) is 12.4 Å². The van der Waals surface area contributed by atoms with Crippen LogP contribution in [0.3, 0.4) is 0 Å². The highest BCUT2D eigenvalue weighted by atomic mass is 35.5. The zero-order valence-corrected chi connectivity index (χ0v) is 24.0. The van der Waals surface area contributed by atoms with Crippen molar-refractivity contribution >= 4 is 86.4 Å². The fraction of sp³-hybridized carbons (Fsp3) is 0.192. The number of nitrogens with one attached hydrogen (secondary N) is 1. The number of thiocarbonyl (C=S) groups is 1. The van der Waals surface area contributed by atoms with Crippen LogP contribution in [0.4, 0.5) is 5.69 Å². The number of hydrogen-bond acceptors (Lipinski definition) is 7. The van der Waals surface area contributed by atoms with E-state index in [1.807, 2.05) is 24.3 Å². The zero-order chi connectivity index (χ0) is 26.5. The van der Waals surface area contributed by atoms with Crippen LogP contribution in [0.25, 0.3) is 6.08 Å². The molecule has 6 nitrogen and oxygen atoms in total. The van der Waals surface area contributed by atoms with Gasteiger partial charge in [-0.25, -0.2) is 0 Å². The van der Waals surface area contributed by atoms with E-state index in [1.165, 1.54) is 11.3 Å². The molecule has 0 radical (unpaired) electrons. The number of amides is 2. The lowest BCUT2D eigenvalue weighted by Gasteiger charge is -2.22. The highest BCUT2D eigenvalue weighted by Crippen LogP contribution is 2.35. The summed E-state index contributed by atoms with van der Waals surface area (Å²) in [4.78, 5) is 28.7. The van der Waals surface area contributed by atoms with Crippen molar-refractivity contribution < 1.29 is 14.3 Å². The predicted molar refractivity (Wildman–Crippen MR) is 158 cm³/mol. The molecule has 0 unspecified atom stereocenters. The number of benzene rings is 2. The van der Waals surface area contributed by atoms with Gasteiger partial charge in [-0.05, 0) is 67.9 Å². The van der Waals surface area contributed by atoms with Crippen LogP contribution < -0.4 is 15.1 Å². The fourth-order valence-electron chi connectivity index (χ4n) is 3.62. The van der Waals surface area contributed by atoms with E-state index in [2.05, 4.69) is 24.2 Å². The van der Waals surface area contributed by atoms with Crippen molar-refractivity contribution in [2.75, 3.05) is 18.0 Å². The van der Waals surface area contributed by atoms with E-state index in [9.17, 15) is 9.59 Å². The van der Waals surface area contributed by atoms with Crippen LogP contribution in [0.5, 0.6) is 5.75 Å². The number of hydrogen-bond donors (Lipinski definition) is 1. The number of rotatable bonds is 9. The van der Waals surface area contributed by atoms with Gasteiger partial charge in [0.2, 0.25) is 0 Å². The Hall–Kier alpha value is -2.56. The molecule has 0 saturated carbocycles. The summed E-state index contributed by atoms with van der Waals surface area (Å²) in [6, 6.07) is 14.5. The average molecular weight is 593 g/mol. The van der Waals surface area contributed by atoms with Gasteiger partial charge in [0, 0.05) is 46.0 Å². The summed E-state index contributed by atoms with van der Waals surface area (Å²) in [7, 11) is 0. The molecule has 1 aliphatic rings. The smallest absolute Gasteiger partial charge is 0.285 e. The largest absolute Gasteiger partial charge is 0.488 e. The first-order valence-electron chi connectivity index (χ1n) is 11.4. The van der Waals surface area contributed by atoms with Crippen LogP contribution in [0.15, 0.2) is 58.8 Å². The Morgan fingerprint density at radius 2 is 1.95 bits per heavy atom.